The summed E-state index contributed by atoms with van der Waals surface area (Å²) in [6.45, 7) is 7.85. The topological polar surface area (TPSA) is 24.5 Å². The fourth-order valence-electron chi connectivity index (χ4n) is 3.32. The molecule has 1 unspecified atom stereocenters. The summed E-state index contributed by atoms with van der Waals surface area (Å²) >= 11 is 0. The third kappa shape index (κ3) is 3.33. The standard InChI is InChI=1S/C17H26N2O/c1-2-3-16-13-19(10-8-18-16)9-6-14-4-5-17-15(12-14)7-11-20-17/h4-5,12,16,18H,2-3,6-11,13H2,1H3. The maximum Gasteiger partial charge on any atom is 0.122 e. The van der Waals surface area contributed by atoms with Gasteiger partial charge in [-0.2, -0.15) is 0 Å². The zero-order valence-corrected chi connectivity index (χ0v) is 12.5. The highest BCUT2D eigenvalue weighted by atomic mass is 16.5. The first kappa shape index (κ1) is 13.9. The quantitative estimate of drug-likeness (QED) is 0.891. The molecule has 0 spiro atoms. The Bertz CT molecular complexity index is 445. The van der Waals surface area contributed by atoms with Crippen molar-refractivity contribution in [3.8, 4) is 5.75 Å². The summed E-state index contributed by atoms with van der Waals surface area (Å²) in [6.07, 6.45) is 4.81. The van der Waals surface area contributed by atoms with E-state index in [0.29, 0.717) is 6.04 Å². The fourth-order valence-corrected chi connectivity index (χ4v) is 3.32. The minimum absolute atomic E-state index is 0.696. The number of nitrogens with one attached hydrogen (secondary N) is 1. The lowest BCUT2D eigenvalue weighted by molar-refractivity contribution is 0.196. The highest BCUT2D eigenvalue weighted by molar-refractivity contribution is 5.39. The number of benzene rings is 1. The molecule has 3 nitrogen and oxygen atoms in total. The Morgan fingerprint density at radius 1 is 1.40 bits per heavy atom. The number of ether oxygens (including phenoxy) is 1. The smallest absolute Gasteiger partial charge is 0.122 e. The van der Waals surface area contributed by atoms with Crippen LogP contribution in [0.25, 0.3) is 0 Å². The molecule has 0 saturated carbocycles. The lowest BCUT2D eigenvalue weighted by Gasteiger charge is -2.33. The molecule has 3 rings (SSSR count). The third-order valence-electron chi connectivity index (χ3n) is 4.45. The van der Waals surface area contributed by atoms with Gasteiger partial charge in [-0.15, -0.1) is 0 Å². The Labute approximate surface area is 122 Å². The van der Waals surface area contributed by atoms with Crippen LogP contribution in [0.15, 0.2) is 18.2 Å². The predicted molar refractivity (Wildman–Crippen MR) is 82.5 cm³/mol. The van der Waals surface area contributed by atoms with Crippen LogP contribution in [0.1, 0.15) is 30.9 Å². The molecule has 0 aromatic heterocycles. The average molecular weight is 274 g/mol. The summed E-state index contributed by atoms with van der Waals surface area (Å²) in [7, 11) is 0. The number of rotatable bonds is 5. The zero-order valence-electron chi connectivity index (χ0n) is 12.5. The molecule has 0 radical (unpaired) electrons. The van der Waals surface area contributed by atoms with E-state index in [1.165, 1.54) is 43.6 Å². The number of fused-ring (bicyclic) bond motifs is 1. The second-order valence-corrected chi connectivity index (χ2v) is 6.03. The molecule has 110 valence electrons. The molecule has 0 aliphatic carbocycles. The van der Waals surface area contributed by atoms with Gasteiger partial charge in [-0.1, -0.05) is 25.5 Å². The molecular formula is C17H26N2O. The maximum atomic E-state index is 5.57. The van der Waals surface area contributed by atoms with E-state index in [4.69, 9.17) is 4.74 Å². The number of piperazine rings is 1. The number of hydrogen-bond acceptors (Lipinski definition) is 3. The van der Waals surface area contributed by atoms with Crippen LogP contribution in [0, 0.1) is 0 Å². The first-order valence-corrected chi connectivity index (χ1v) is 8.05. The van der Waals surface area contributed by atoms with Crippen molar-refractivity contribution in [2.24, 2.45) is 0 Å². The number of nitrogens with zero attached hydrogens (tertiary/aromatic N) is 1. The van der Waals surface area contributed by atoms with Crippen molar-refractivity contribution >= 4 is 0 Å². The van der Waals surface area contributed by atoms with Gasteiger partial charge in [0.25, 0.3) is 0 Å². The third-order valence-corrected chi connectivity index (χ3v) is 4.45. The molecular weight excluding hydrogens is 248 g/mol. The van der Waals surface area contributed by atoms with Crippen molar-refractivity contribution < 1.29 is 4.74 Å². The van der Waals surface area contributed by atoms with Crippen molar-refractivity contribution in [1.82, 2.24) is 10.2 Å². The van der Waals surface area contributed by atoms with Gasteiger partial charge in [0.1, 0.15) is 5.75 Å². The summed E-state index contributed by atoms with van der Waals surface area (Å²) in [5.41, 5.74) is 2.85. The molecule has 1 N–H and O–H groups in total. The zero-order chi connectivity index (χ0) is 13.8. The molecule has 1 saturated heterocycles. The summed E-state index contributed by atoms with van der Waals surface area (Å²) < 4.78 is 5.57. The van der Waals surface area contributed by atoms with Gasteiger partial charge in [0.2, 0.25) is 0 Å². The van der Waals surface area contributed by atoms with E-state index in [0.717, 1.165) is 31.7 Å². The Morgan fingerprint density at radius 3 is 3.25 bits per heavy atom. The first-order chi connectivity index (χ1) is 9.85. The molecule has 1 atom stereocenters. The van der Waals surface area contributed by atoms with E-state index in [9.17, 15) is 0 Å². The van der Waals surface area contributed by atoms with Gasteiger partial charge in [0, 0.05) is 38.6 Å². The summed E-state index contributed by atoms with van der Waals surface area (Å²) in [4.78, 5) is 2.61. The highest BCUT2D eigenvalue weighted by Crippen LogP contribution is 2.26. The van der Waals surface area contributed by atoms with Gasteiger partial charge in [-0.3, -0.25) is 0 Å². The van der Waals surface area contributed by atoms with Crippen LogP contribution in [0.5, 0.6) is 5.75 Å². The normalized spacial score (nSPS) is 22.6. The van der Waals surface area contributed by atoms with E-state index in [1.54, 1.807) is 0 Å². The summed E-state index contributed by atoms with van der Waals surface area (Å²) in [5.74, 6) is 1.10. The summed E-state index contributed by atoms with van der Waals surface area (Å²) in [5, 5.41) is 3.62. The predicted octanol–water partition coefficient (Wildman–Crippen LogP) is 2.24. The van der Waals surface area contributed by atoms with E-state index in [-0.39, 0.29) is 0 Å². The average Bonchev–Trinajstić information content (AvgIpc) is 2.93. The molecule has 1 aromatic rings. The van der Waals surface area contributed by atoms with Gasteiger partial charge in [-0.25, -0.2) is 0 Å². The molecule has 2 aliphatic rings. The Kier molecular flexibility index (Phi) is 4.58. The van der Waals surface area contributed by atoms with E-state index in [1.807, 2.05) is 0 Å². The lowest BCUT2D eigenvalue weighted by atomic mass is 10.0. The number of hydrogen-bond donors (Lipinski definition) is 1. The lowest BCUT2D eigenvalue weighted by Crippen LogP contribution is -2.50. The van der Waals surface area contributed by atoms with Crippen molar-refractivity contribution in [1.29, 1.82) is 0 Å². The molecule has 1 aromatic carbocycles. The van der Waals surface area contributed by atoms with E-state index >= 15 is 0 Å². The Morgan fingerprint density at radius 2 is 2.35 bits per heavy atom. The van der Waals surface area contributed by atoms with Crippen LogP contribution in [0.4, 0.5) is 0 Å². The Hall–Kier alpha value is -1.06. The summed E-state index contributed by atoms with van der Waals surface area (Å²) in [6, 6.07) is 7.42. The van der Waals surface area contributed by atoms with Crippen molar-refractivity contribution in [3.05, 3.63) is 29.3 Å². The molecule has 20 heavy (non-hydrogen) atoms. The van der Waals surface area contributed by atoms with Crippen LogP contribution in [0.3, 0.4) is 0 Å². The molecule has 0 bridgehead atoms. The fraction of sp³-hybridized carbons (Fsp3) is 0.647. The van der Waals surface area contributed by atoms with Gasteiger partial charge in [0.15, 0.2) is 0 Å². The largest absolute Gasteiger partial charge is 0.493 e. The van der Waals surface area contributed by atoms with E-state index < -0.39 is 0 Å². The van der Waals surface area contributed by atoms with Gasteiger partial charge in [0.05, 0.1) is 6.61 Å². The van der Waals surface area contributed by atoms with E-state index in [2.05, 4.69) is 35.3 Å². The molecule has 2 heterocycles. The van der Waals surface area contributed by atoms with Crippen molar-refractivity contribution in [2.75, 3.05) is 32.8 Å². The monoisotopic (exact) mass is 274 g/mol. The molecule has 0 amide bonds. The highest BCUT2D eigenvalue weighted by Gasteiger charge is 2.18. The van der Waals surface area contributed by atoms with Crippen LogP contribution in [-0.2, 0) is 12.8 Å². The van der Waals surface area contributed by atoms with Gasteiger partial charge >= 0.3 is 0 Å². The molecule has 1 fully saturated rings. The minimum Gasteiger partial charge on any atom is -0.493 e. The van der Waals surface area contributed by atoms with Gasteiger partial charge < -0.3 is 15.0 Å². The van der Waals surface area contributed by atoms with Crippen LogP contribution in [-0.4, -0.2) is 43.7 Å². The van der Waals surface area contributed by atoms with Crippen molar-refractivity contribution in [3.63, 3.8) is 0 Å². The van der Waals surface area contributed by atoms with Crippen LogP contribution in [0.2, 0.25) is 0 Å². The molecule has 2 aliphatic heterocycles. The second kappa shape index (κ2) is 6.59. The van der Waals surface area contributed by atoms with Crippen molar-refractivity contribution in [2.45, 2.75) is 38.6 Å². The molecule has 3 heteroatoms. The van der Waals surface area contributed by atoms with Crippen LogP contribution >= 0.6 is 0 Å². The minimum atomic E-state index is 0.696. The first-order valence-electron chi connectivity index (χ1n) is 8.05. The maximum absolute atomic E-state index is 5.57. The van der Waals surface area contributed by atoms with Crippen LogP contribution < -0.4 is 10.1 Å². The SMILES string of the molecule is CCCC1CN(CCc2ccc3c(c2)CCO3)CCN1. The Balaban J connectivity index is 1.51. The van der Waals surface area contributed by atoms with Gasteiger partial charge in [-0.05, 0) is 30.0 Å². The second-order valence-electron chi connectivity index (χ2n) is 6.03.